The van der Waals surface area contributed by atoms with Gasteiger partial charge in [-0.05, 0) is 104 Å². The molecule has 11 atom stereocenters. The highest BCUT2D eigenvalue weighted by molar-refractivity contribution is 6.35. The molecule has 0 aromatic carbocycles. The number of carboxylic acid groups (broad SMARTS) is 1. The maximum Gasteiger partial charge on any atom is 0.372 e. The van der Waals surface area contributed by atoms with Gasteiger partial charge >= 0.3 is 5.97 Å². The van der Waals surface area contributed by atoms with Gasteiger partial charge in [0.05, 0.1) is 0 Å². The molecule has 0 aliphatic heterocycles. The molecule has 3 heteroatoms. The van der Waals surface area contributed by atoms with E-state index in [2.05, 4.69) is 0 Å². The van der Waals surface area contributed by atoms with Gasteiger partial charge in [-0.15, -0.1) is 0 Å². The summed E-state index contributed by atoms with van der Waals surface area (Å²) in [5.41, 5.74) is -0.0521. The Labute approximate surface area is 136 Å². The third-order valence-corrected chi connectivity index (χ3v) is 10.4. The van der Waals surface area contributed by atoms with Crippen molar-refractivity contribution < 1.29 is 14.7 Å². The van der Waals surface area contributed by atoms with Crippen molar-refractivity contribution in [3.8, 4) is 0 Å². The Morgan fingerprint density at radius 3 is 2.39 bits per heavy atom. The van der Waals surface area contributed by atoms with Crippen LogP contribution >= 0.6 is 0 Å². The van der Waals surface area contributed by atoms with Crippen molar-refractivity contribution >= 4 is 11.8 Å². The Kier molecular flexibility index (Phi) is 1.78. The molecule has 0 radical (unpaired) electrons. The van der Waals surface area contributed by atoms with Crippen LogP contribution in [0, 0.1) is 64.1 Å². The highest BCUT2D eigenvalue weighted by atomic mass is 16.4. The smallest absolute Gasteiger partial charge is 0.372 e. The molecule has 0 heterocycles. The third kappa shape index (κ3) is 0.997. The summed E-state index contributed by atoms with van der Waals surface area (Å²) in [4.78, 5) is 24.8. The lowest BCUT2D eigenvalue weighted by Gasteiger charge is -2.85. The molecule has 1 N–H and O–H groups in total. The summed E-state index contributed by atoms with van der Waals surface area (Å²) in [5, 5.41) is 9.65. The van der Waals surface area contributed by atoms with E-state index in [-0.39, 0.29) is 5.78 Å². The summed E-state index contributed by atoms with van der Waals surface area (Å²) in [6.45, 7) is 0. The molecule has 10 fully saturated rings. The first-order valence-electron chi connectivity index (χ1n) is 9.84. The lowest BCUT2D eigenvalue weighted by Crippen LogP contribution is -2.82. The van der Waals surface area contributed by atoms with E-state index >= 15 is 0 Å². The fourth-order valence-corrected chi connectivity index (χ4v) is 11.1. The molecule has 10 aliphatic rings. The summed E-state index contributed by atoms with van der Waals surface area (Å²) in [6.07, 6.45) is 8.91. The summed E-state index contributed by atoms with van der Waals surface area (Å²) >= 11 is 0. The SMILES string of the molecule is O=C(O)C(=O)C12CC3CC4C5C6CC7CC(C6CC41)C2C5(C7)C3. The molecule has 0 aromatic rings. The van der Waals surface area contributed by atoms with Crippen LogP contribution in [0.5, 0.6) is 0 Å². The van der Waals surface area contributed by atoms with Crippen molar-refractivity contribution in [2.75, 3.05) is 0 Å². The summed E-state index contributed by atoms with van der Waals surface area (Å²) in [7, 11) is 0. The Bertz CT molecular complexity index is 680. The van der Waals surface area contributed by atoms with Crippen molar-refractivity contribution in [1.82, 2.24) is 0 Å². The molecule has 10 saturated carbocycles. The van der Waals surface area contributed by atoms with Gasteiger partial charge in [-0.25, -0.2) is 4.79 Å². The van der Waals surface area contributed by atoms with E-state index in [0.717, 1.165) is 30.1 Å². The number of hydrogen-bond acceptors (Lipinski definition) is 2. The minimum absolute atomic E-state index is 0.370. The highest BCUT2D eigenvalue weighted by Gasteiger charge is 2.83. The third-order valence-electron chi connectivity index (χ3n) is 10.4. The molecular weight excluding hydrogens is 288 g/mol. The first-order chi connectivity index (χ1) is 11.1. The monoisotopic (exact) mass is 312 g/mol. The Morgan fingerprint density at radius 2 is 1.57 bits per heavy atom. The average Bonchev–Trinajstić information content (AvgIpc) is 2.51. The highest BCUT2D eigenvalue weighted by Crippen LogP contribution is 2.87. The molecule has 3 nitrogen and oxygen atoms in total. The van der Waals surface area contributed by atoms with Gasteiger partial charge < -0.3 is 5.11 Å². The van der Waals surface area contributed by atoms with Crippen LogP contribution in [0.15, 0.2) is 0 Å². The van der Waals surface area contributed by atoms with Crippen LogP contribution in [0.4, 0.5) is 0 Å². The van der Waals surface area contributed by atoms with Gasteiger partial charge in [-0.3, -0.25) is 4.79 Å². The van der Waals surface area contributed by atoms with Crippen LogP contribution in [0.2, 0.25) is 0 Å². The molecule has 11 unspecified atom stereocenters. The van der Waals surface area contributed by atoms with Crippen molar-refractivity contribution in [2.24, 2.45) is 64.1 Å². The van der Waals surface area contributed by atoms with Gasteiger partial charge in [0.25, 0.3) is 0 Å². The van der Waals surface area contributed by atoms with E-state index in [9.17, 15) is 14.7 Å². The molecule has 10 rings (SSSR count). The standard InChI is InChI=1S/C20H24O3/c21-17(18(22)23)20-7-9-3-13-14(20)4-10-11-1-8-2-12(10)16(20)19(5-8,6-9)15(11)13/h8-16H,1-7H2,(H,22,23). The van der Waals surface area contributed by atoms with Crippen LogP contribution in [-0.4, -0.2) is 16.9 Å². The van der Waals surface area contributed by atoms with E-state index in [0.29, 0.717) is 35.0 Å². The summed E-state index contributed by atoms with van der Waals surface area (Å²) in [5.74, 6) is 5.00. The predicted octanol–water partition coefficient (Wildman–Crippen LogP) is 2.98. The Hall–Kier alpha value is -0.860. The van der Waals surface area contributed by atoms with Crippen molar-refractivity contribution in [3.05, 3.63) is 0 Å². The number of carbonyl (C=O) groups excluding carboxylic acids is 1. The second-order valence-electron chi connectivity index (χ2n) is 10.5. The second kappa shape index (κ2) is 3.28. The zero-order chi connectivity index (χ0) is 15.3. The van der Waals surface area contributed by atoms with Crippen molar-refractivity contribution in [1.29, 1.82) is 0 Å². The lowest BCUT2D eigenvalue weighted by molar-refractivity contribution is -0.368. The van der Waals surface area contributed by atoms with Gasteiger partial charge in [-0.2, -0.15) is 0 Å². The van der Waals surface area contributed by atoms with Crippen LogP contribution in [0.1, 0.15) is 44.9 Å². The number of rotatable bonds is 2. The van der Waals surface area contributed by atoms with Gasteiger partial charge in [0.15, 0.2) is 0 Å². The summed E-state index contributed by atoms with van der Waals surface area (Å²) < 4.78 is 0. The first kappa shape index (κ1) is 12.5. The average molecular weight is 312 g/mol. The molecule has 0 aromatic heterocycles. The minimum Gasteiger partial charge on any atom is -0.475 e. The minimum atomic E-state index is -1.13. The molecule has 10 aliphatic carbocycles. The molecule has 122 valence electrons. The maximum atomic E-state index is 13.1. The number of Topliss-reactive ketones (excluding diaryl/α,β-unsaturated/α-hetero) is 1. The zero-order valence-electron chi connectivity index (χ0n) is 13.4. The largest absolute Gasteiger partial charge is 0.475 e. The normalized spacial score (nSPS) is 68.1. The molecule has 1 spiro atoms. The maximum absolute atomic E-state index is 13.1. The number of ketones is 1. The van der Waals surface area contributed by atoms with E-state index in [4.69, 9.17) is 0 Å². The number of carboxylic acids is 1. The first-order valence-corrected chi connectivity index (χ1v) is 9.84. The molecular formula is C20H24O3. The van der Waals surface area contributed by atoms with Gasteiger partial charge in [0.1, 0.15) is 0 Å². The van der Waals surface area contributed by atoms with Crippen LogP contribution < -0.4 is 0 Å². The zero-order valence-corrected chi connectivity index (χ0v) is 13.4. The van der Waals surface area contributed by atoms with Crippen molar-refractivity contribution in [3.63, 3.8) is 0 Å². The van der Waals surface area contributed by atoms with Gasteiger partial charge in [0.2, 0.25) is 5.78 Å². The number of aliphatic carboxylic acids is 1. The molecule has 0 amide bonds. The fourth-order valence-electron chi connectivity index (χ4n) is 11.1. The topological polar surface area (TPSA) is 54.4 Å². The van der Waals surface area contributed by atoms with E-state index in [1.54, 1.807) is 0 Å². The Morgan fingerprint density at radius 1 is 0.826 bits per heavy atom. The van der Waals surface area contributed by atoms with E-state index < -0.39 is 11.4 Å². The fraction of sp³-hybridized carbons (Fsp3) is 0.900. The quantitative estimate of drug-likeness (QED) is 0.798. The number of hydrogen-bond donors (Lipinski definition) is 1. The van der Waals surface area contributed by atoms with Crippen LogP contribution in [-0.2, 0) is 9.59 Å². The molecule has 23 heavy (non-hydrogen) atoms. The Balaban J connectivity index is 1.53. The predicted molar refractivity (Wildman–Crippen MR) is 81.2 cm³/mol. The van der Waals surface area contributed by atoms with Crippen molar-refractivity contribution in [2.45, 2.75) is 44.9 Å². The molecule has 0 saturated heterocycles. The van der Waals surface area contributed by atoms with Gasteiger partial charge in [-0.1, -0.05) is 0 Å². The van der Waals surface area contributed by atoms with E-state index in [1.165, 1.54) is 38.5 Å². The van der Waals surface area contributed by atoms with Crippen LogP contribution in [0.25, 0.3) is 0 Å². The van der Waals surface area contributed by atoms with Gasteiger partial charge in [0, 0.05) is 5.41 Å². The van der Waals surface area contributed by atoms with E-state index in [1.807, 2.05) is 0 Å². The lowest BCUT2D eigenvalue weighted by atomic mass is 9.18. The summed E-state index contributed by atoms with van der Waals surface area (Å²) in [6, 6.07) is 0. The molecule has 11 bridgehead atoms. The van der Waals surface area contributed by atoms with Crippen LogP contribution in [0.3, 0.4) is 0 Å². The second-order valence-corrected chi connectivity index (χ2v) is 10.5. The number of carbonyl (C=O) groups is 2.